The van der Waals surface area contributed by atoms with Gasteiger partial charge in [0.15, 0.2) is 11.9 Å². The fourth-order valence-corrected chi connectivity index (χ4v) is 3.25. The van der Waals surface area contributed by atoms with Crippen LogP contribution in [0.25, 0.3) is 11.1 Å². The molecule has 0 aliphatic heterocycles. The van der Waals surface area contributed by atoms with Crippen molar-refractivity contribution >= 4 is 11.9 Å². The minimum atomic E-state index is -1.33. The third kappa shape index (κ3) is 3.40. The summed E-state index contributed by atoms with van der Waals surface area (Å²) in [5.74, 6) is -0.417. The van der Waals surface area contributed by atoms with Crippen LogP contribution in [-0.2, 0) is 9.53 Å². The molecule has 1 unspecified atom stereocenters. The molecular formula is C20H20FNO3. The summed E-state index contributed by atoms with van der Waals surface area (Å²) in [5, 5.41) is 2.67. The molecule has 0 radical (unpaired) electrons. The van der Waals surface area contributed by atoms with Crippen LogP contribution in [0.5, 0.6) is 0 Å². The van der Waals surface area contributed by atoms with Crippen LogP contribution in [0.15, 0.2) is 48.5 Å². The first-order chi connectivity index (χ1) is 12.2. The molecule has 0 spiro atoms. The Hall–Kier alpha value is -2.69. The summed E-state index contributed by atoms with van der Waals surface area (Å²) in [5.41, 5.74) is 4.58. The molecule has 1 amide bonds. The molecule has 2 aromatic rings. The van der Waals surface area contributed by atoms with Gasteiger partial charge in [0.1, 0.15) is 6.67 Å². The van der Waals surface area contributed by atoms with E-state index in [1.165, 1.54) is 0 Å². The number of amides is 1. The van der Waals surface area contributed by atoms with Crippen molar-refractivity contribution < 1.29 is 18.7 Å². The van der Waals surface area contributed by atoms with Crippen LogP contribution < -0.4 is 5.32 Å². The van der Waals surface area contributed by atoms with E-state index in [2.05, 4.69) is 17.4 Å². The Kier molecular flexibility index (Phi) is 5.12. The molecule has 0 aromatic heterocycles. The van der Waals surface area contributed by atoms with Crippen molar-refractivity contribution in [2.45, 2.75) is 25.4 Å². The number of carbonyl (C=O) groups is 2. The second kappa shape index (κ2) is 7.47. The standard InChI is InChI=1S/C20H20FNO3/c1-2-18(23)19(11-21)25-20(24)22-12-17-15-9-5-3-7-13(15)14-8-4-6-10-16(14)17/h3-10,17,19H,2,11-12H2,1H3,(H,22,24). The van der Waals surface area contributed by atoms with Gasteiger partial charge >= 0.3 is 6.09 Å². The first kappa shape index (κ1) is 17.1. The van der Waals surface area contributed by atoms with E-state index in [0.29, 0.717) is 6.54 Å². The number of hydrogen-bond acceptors (Lipinski definition) is 3. The topological polar surface area (TPSA) is 55.4 Å². The van der Waals surface area contributed by atoms with Crippen molar-refractivity contribution in [1.82, 2.24) is 5.32 Å². The molecule has 130 valence electrons. The Morgan fingerprint density at radius 2 is 1.64 bits per heavy atom. The Morgan fingerprint density at radius 1 is 1.08 bits per heavy atom. The van der Waals surface area contributed by atoms with Crippen molar-refractivity contribution in [1.29, 1.82) is 0 Å². The van der Waals surface area contributed by atoms with E-state index in [4.69, 9.17) is 4.74 Å². The Labute approximate surface area is 146 Å². The van der Waals surface area contributed by atoms with Crippen LogP contribution in [0.4, 0.5) is 9.18 Å². The molecule has 0 fully saturated rings. The molecule has 1 atom stereocenters. The normalized spacial score (nSPS) is 13.7. The lowest BCUT2D eigenvalue weighted by Gasteiger charge is -2.17. The molecule has 0 saturated heterocycles. The van der Waals surface area contributed by atoms with Gasteiger partial charge in [-0.05, 0) is 22.3 Å². The van der Waals surface area contributed by atoms with Crippen molar-refractivity contribution in [3.8, 4) is 11.1 Å². The maximum Gasteiger partial charge on any atom is 0.407 e. The van der Waals surface area contributed by atoms with Crippen LogP contribution in [-0.4, -0.2) is 31.2 Å². The molecule has 3 rings (SSSR count). The van der Waals surface area contributed by atoms with Crippen molar-refractivity contribution in [3.63, 3.8) is 0 Å². The van der Waals surface area contributed by atoms with E-state index in [-0.39, 0.29) is 12.3 Å². The molecule has 5 heteroatoms. The smallest absolute Gasteiger partial charge is 0.407 e. The Balaban J connectivity index is 1.71. The zero-order valence-electron chi connectivity index (χ0n) is 14.0. The zero-order chi connectivity index (χ0) is 17.8. The Bertz CT molecular complexity index is 745. The van der Waals surface area contributed by atoms with Gasteiger partial charge in [-0.25, -0.2) is 9.18 Å². The molecular weight excluding hydrogens is 321 g/mol. The lowest BCUT2D eigenvalue weighted by atomic mass is 9.97. The largest absolute Gasteiger partial charge is 0.435 e. The minimum absolute atomic E-state index is 0.00523. The Morgan fingerprint density at radius 3 is 2.16 bits per heavy atom. The lowest BCUT2D eigenvalue weighted by Crippen LogP contribution is -2.36. The molecule has 1 aliphatic carbocycles. The number of nitrogens with one attached hydrogen (secondary N) is 1. The van der Waals surface area contributed by atoms with Gasteiger partial charge in [-0.1, -0.05) is 55.5 Å². The van der Waals surface area contributed by atoms with Crippen LogP contribution >= 0.6 is 0 Å². The quantitative estimate of drug-likeness (QED) is 0.868. The highest BCUT2D eigenvalue weighted by Crippen LogP contribution is 2.43. The van der Waals surface area contributed by atoms with Crippen LogP contribution in [0.3, 0.4) is 0 Å². The highest BCUT2D eigenvalue weighted by atomic mass is 19.1. The summed E-state index contributed by atoms with van der Waals surface area (Å²) < 4.78 is 17.8. The summed E-state index contributed by atoms with van der Waals surface area (Å²) in [6.45, 7) is 0.931. The summed E-state index contributed by atoms with van der Waals surface area (Å²) in [7, 11) is 0. The third-order valence-electron chi connectivity index (χ3n) is 4.51. The van der Waals surface area contributed by atoms with E-state index in [1.807, 2.05) is 36.4 Å². The molecule has 1 aliphatic rings. The summed E-state index contributed by atoms with van der Waals surface area (Å²) in [4.78, 5) is 23.5. The summed E-state index contributed by atoms with van der Waals surface area (Å²) in [6, 6.07) is 16.1. The van der Waals surface area contributed by atoms with Gasteiger partial charge < -0.3 is 10.1 Å². The first-order valence-corrected chi connectivity index (χ1v) is 8.37. The van der Waals surface area contributed by atoms with Crippen molar-refractivity contribution in [2.24, 2.45) is 0 Å². The van der Waals surface area contributed by atoms with Crippen LogP contribution in [0, 0.1) is 0 Å². The second-order valence-corrected chi connectivity index (χ2v) is 5.98. The predicted molar refractivity (Wildman–Crippen MR) is 93.3 cm³/mol. The molecule has 2 aromatic carbocycles. The van der Waals surface area contributed by atoms with Gasteiger partial charge in [0, 0.05) is 18.9 Å². The summed E-state index contributed by atoms with van der Waals surface area (Å²) in [6.07, 6.45) is -1.97. The van der Waals surface area contributed by atoms with Crippen molar-refractivity contribution in [2.75, 3.05) is 13.2 Å². The van der Waals surface area contributed by atoms with Gasteiger partial charge in [-0.3, -0.25) is 4.79 Å². The number of carbonyl (C=O) groups excluding carboxylic acids is 2. The molecule has 0 saturated carbocycles. The fourth-order valence-electron chi connectivity index (χ4n) is 3.25. The highest BCUT2D eigenvalue weighted by Gasteiger charge is 2.29. The van der Waals surface area contributed by atoms with E-state index >= 15 is 0 Å². The van der Waals surface area contributed by atoms with Crippen molar-refractivity contribution in [3.05, 3.63) is 59.7 Å². The molecule has 0 heterocycles. The lowest BCUT2D eigenvalue weighted by molar-refractivity contribution is -0.127. The number of rotatable bonds is 6. The zero-order valence-corrected chi connectivity index (χ0v) is 14.0. The highest BCUT2D eigenvalue weighted by molar-refractivity contribution is 5.85. The minimum Gasteiger partial charge on any atom is -0.435 e. The number of halogens is 1. The number of alkyl carbamates (subject to hydrolysis) is 1. The monoisotopic (exact) mass is 341 g/mol. The van der Waals surface area contributed by atoms with E-state index in [0.717, 1.165) is 22.3 Å². The van der Waals surface area contributed by atoms with Gasteiger partial charge in [0.05, 0.1) is 0 Å². The number of fused-ring (bicyclic) bond motifs is 3. The van der Waals surface area contributed by atoms with Gasteiger partial charge in [-0.15, -0.1) is 0 Å². The number of ketones is 1. The maximum absolute atomic E-state index is 12.9. The molecule has 4 nitrogen and oxygen atoms in total. The first-order valence-electron chi connectivity index (χ1n) is 8.37. The summed E-state index contributed by atoms with van der Waals surface area (Å²) >= 11 is 0. The number of alkyl halides is 1. The van der Waals surface area contributed by atoms with E-state index in [9.17, 15) is 14.0 Å². The maximum atomic E-state index is 12.9. The number of hydrogen-bond donors (Lipinski definition) is 1. The van der Waals surface area contributed by atoms with Crippen LogP contribution in [0.2, 0.25) is 0 Å². The number of Topliss-reactive ketones (excluding diaryl/α,β-unsaturated/α-hetero) is 1. The van der Waals surface area contributed by atoms with Gasteiger partial charge in [-0.2, -0.15) is 0 Å². The average molecular weight is 341 g/mol. The van der Waals surface area contributed by atoms with Gasteiger partial charge in [0.2, 0.25) is 0 Å². The molecule has 1 N–H and O–H groups in total. The molecule has 25 heavy (non-hydrogen) atoms. The fraction of sp³-hybridized carbons (Fsp3) is 0.300. The van der Waals surface area contributed by atoms with Gasteiger partial charge in [0.25, 0.3) is 0 Å². The average Bonchev–Trinajstić information content (AvgIpc) is 2.98. The number of ether oxygens (including phenoxy) is 1. The molecule has 0 bridgehead atoms. The van der Waals surface area contributed by atoms with Crippen LogP contribution in [0.1, 0.15) is 30.4 Å². The van der Waals surface area contributed by atoms with E-state index < -0.39 is 24.7 Å². The van der Waals surface area contributed by atoms with E-state index in [1.54, 1.807) is 6.92 Å². The SMILES string of the molecule is CCC(=O)C(CF)OC(=O)NCC1c2ccccc2-c2ccccc21. The third-order valence-corrected chi connectivity index (χ3v) is 4.51. The predicted octanol–water partition coefficient (Wildman–Crippen LogP) is 3.84. The second-order valence-electron chi connectivity index (χ2n) is 5.98. The number of benzene rings is 2.